The van der Waals surface area contributed by atoms with Crippen molar-refractivity contribution in [3.63, 3.8) is 0 Å². The van der Waals surface area contributed by atoms with E-state index in [0.717, 1.165) is 39.1 Å². The van der Waals surface area contributed by atoms with Crippen LogP contribution < -0.4 is 5.32 Å². The molecule has 2 heterocycles. The maximum absolute atomic E-state index is 12.1. The molecule has 0 aliphatic carbocycles. The molecule has 4 nitrogen and oxygen atoms in total. The van der Waals surface area contributed by atoms with Crippen molar-refractivity contribution in [2.75, 3.05) is 33.4 Å². The van der Waals surface area contributed by atoms with Crippen LogP contribution in [0.2, 0.25) is 0 Å². The predicted molar refractivity (Wildman–Crippen MR) is 66.8 cm³/mol. The van der Waals surface area contributed by atoms with E-state index >= 15 is 0 Å². The van der Waals surface area contributed by atoms with E-state index in [9.17, 15) is 4.79 Å². The van der Waals surface area contributed by atoms with Crippen molar-refractivity contribution in [2.45, 2.75) is 38.1 Å². The van der Waals surface area contributed by atoms with Crippen LogP contribution in [0.15, 0.2) is 0 Å². The second kappa shape index (κ2) is 6.36. The molecule has 98 valence electrons. The Hall–Kier alpha value is -0.610. The lowest BCUT2D eigenvalue weighted by Gasteiger charge is -2.33. The lowest BCUT2D eigenvalue weighted by atomic mass is 9.98. The molecular formula is C13H24N2O2. The number of rotatable bonds is 4. The van der Waals surface area contributed by atoms with Gasteiger partial charge in [-0.1, -0.05) is 0 Å². The highest BCUT2D eigenvalue weighted by Crippen LogP contribution is 2.19. The van der Waals surface area contributed by atoms with Gasteiger partial charge in [0, 0.05) is 32.7 Å². The normalized spacial score (nSPS) is 29.6. The molecule has 2 rings (SSSR count). The number of nitrogens with one attached hydrogen (secondary N) is 1. The highest BCUT2D eigenvalue weighted by atomic mass is 16.5. The Bertz CT molecular complexity index is 250. The average molecular weight is 240 g/mol. The zero-order valence-electron chi connectivity index (χ0n) is 10.8. The molecule has 0 radical (unpaired) electrons. The number of nitrogens with zero attached hydrogens (tertiary/aromatic N) is 1. The molecule has 2 aliphatic rings. The number of hydrogen-bond donors (Lipinski definition) is 1. The number of likely N-dealkylation sites (tertiary alicyclic amines) is 1. The number of ether oxygens (including phenoxy) is 1. The number of hydrogen-bond acceptors (Lipinski definition) is 3. The smallest absolute Gasteiger partial charge is 0.224 e. The van der Waals surface area contributed by atoms with E-state index in [1.165, 1.54) is 12.8 Å². The van der Waals surface area contributed by atoms with Gasteiger partial charge in [-0.15, -0.1) is 0 Å². The standard InChI is InChI=1S/C13H24N2O2/c1-17-10-11-4-3-7-15(9-11)13(16)8-12-5-2-6-14-12/h11-12,14H,2-10H2,1H3. The first-order valence-electron chi connectivity index (χ1n) is 6.79. The minimum Gasteiger partial charge on any atom is -0.384 e. The van der Waals surface area contributed by atoms with Gasteiger partial charge in [0.2, 0.25) is 5.91 Å². The van der Waals surface area contributed by atoms with E-state index in [-0.39, 0.29) is 0 Å². The summed E-state index contributed by atoms with van der Waals surface area (Å²) >= 11 is 0. The second-order valence-electron chi connectivity index (χ2n) is 5.30. The van der Waals surface area contributed by atoms with Crippen molar-refractivity contribution in [2.24, 2.45) is 5.92 Å². The highest BCUT2D eigenvalue weighted by molar-refractivity contribution is 5.77. The fraction of sp³-hybridized carbons (Fsp3) is 0.923. The van der Waals surface area contributed by atoms with Gasteiger partial charge in [-0.05, 0) is 38.1 Å². The summed E-state index contributed by atoms with van der Waals surface area (Å²) < 4.78 is 5.19. The van der Waals surface area contributed by atoms with Crippen LogP contribution in [0, 0.1) is 5.92 Å². The first-order chi connectivity index (χ1) is 8.29. The maximum atomic E-state index is 12.1. The monoisotopic (exact) mass is 240 g/mol. The van der Waals surface area contributed by atoms with Gasteiger partial charge in [-0.3, -0.25) is 4.79 Å². The van der Waals surface area contributed by atoms with Gasteiger partial charge < -0.3 is 15.0 Å². The number of carbonyl (C=O) groups excluding carboxylic acids is 1. The first-order valence-corrected chi connectivity index (χ1v) is 6.79. The Kier molecular flexibility index (Phi) is 4.80. The van der Waals surface area contributed by atoms with Gasteiger partial charge in [0.05, 0.1) is 6.61 Å². The van der Waals surface area contributed by atoms with Crippen LogP contribution in [0.25, 0.3) is 0 Å². The van der Waals surface area contributed by atoms with Crippen molar-refractivity contribution in [3.8, 4) is 0 Å². The van der Waals surface area contributed by atoms with Gasteiger partial charge in [-0.25, -0.2) is 0 Å². The summed E-state index contributed by atoms with van der Waals surface area (Å²) in [5.41, 5.74) is 0. The van der Waals surface area contributed by atoms with Crippen LogP contribution >= 0.6 is 0 Å². The molecule has 17 heavy (non-hydrogen) atoms. The number of methoxy groups -OCH3 is 1. The van der Waals surface area contributed by atoms with E-state index in [0.29, 0.717) is 24.3 Å². The minimum atomic E-state index is 0.324. The molecule has 2 saturated heterocycles. The first kappa shape index (κ1) is 12.8. The van der Waals surface area contributed by atoms with Gasteiger partial charge in [0.1, 0.15) is 0 Å². The summed E-state index contributed by atoms with van der Waals surface area (Å²) in [6.45, 7) is 3.68. The predicted octanol–water partition coefficient (Wildman–Crippen LogP) is 1.01. The van der Waals surface area contributed by atoms with Gasteiger partial charge in [0.25, 0.3) is 0 Å². The largest absolute Gasteiger partial charge is 0.384 e. The summed E-state index contributed by atoms with van der Waals surface area (Å²) in [6.07, 6.45) is 5.36. The van der Waals surface area contributed by atoms with E-state index in [1.807, 2.05) is 4.90 Å². The summed E-state index contributed by atoms with van der Waals surface area (Å²) in [6, 6.07) is 0.422. The molecule has 1 amide bonds. The highest BCUT2D eigenvalue weighted by Gasteiger charge is 2.26. The molecule has 2 atom stereocenters. The lowest BCUT2D eigenvalue weighted by molar-refractivity contribution is -0.133. The minimum absolute atomic E-state index is 0.324. The Labute approximate surface area is 104 Å². The van der Waals surface area contributed by atoms with Crippen molar-refractivity contribution >= 4 is 5.91 Å². The zero-order valence-corrected chi connectivity index (χ0v) is 10.8. The topological polar surface area (TPSA) is 41.6 Å². The fourth-order valence-electron chi connectivity index (χ4n) is 2.93. The van der Waals surface area contributed by atoms with Crippen LogP contribution in [0.1, 0.15) is 32.1 Å². The third kappa shape index (κ3) is 3.68. The van der Waals surface area contributed by atoms with Crippen LogP contribution in [0.3, 0.4) is 0 Å². The summed E-state index contributed by atoms with van der Waals surface area (Å²) in [5.74, 6) is 0.861. The van der Waals surface area contributed by atoms with Gasteiger partial charge in [0.15, 0.2) is 0 Å². The molecular weight excluding hydrogens is 216 g/mol. The van der Waals surface area contributed by atoms with Gasteiger partial charge in [-0.2, -0.15) is 0 Å². The third-order valence-electron chi connectivity index (χ3n) is 3.86. The molecule has 1 N–H and O–H groups in total. The molecule has 2 unspecified atom stereocenters. The molecule has 0 aromatic rings. The molecule has 4 heteroatoms. The van der Waals surface area contributed by atoms with Gasteiger partial charge >= 0.3 is 0 Å². The van der Waals surface area contributed by atoms with Crippen LogP contribution in [0.5, 0.6) is 0 Å². The van der Waals surface area contributed by atoms with E-state index in [1.54, 1.807) is 7.11 Å². The maximum Gasteiger partial charge on any atom is 0.224 e. The zero-order chi connectivity index (χ0) is 12.1. The fourth-order valence-corrected chi connectivity index (χ4v) is 2.93. The Morgan fingerprint density at radius 3 is 3.00 bits per heavy atom. The second-order valence-corrected chi connectivity index (χ2v) is 5.30. The molecule has 0 saturated carbocycles. The average Bonchev–Trinajstić information content (AvgIpc) is 2.83. The quantitative estimate of drug-likeness (QED) is 0.797. The van der Waals surface area contributed by atoms with Crippen molar-refractivity contribution in [3.05, 3.63) is 0 Å². The molecule has 0 aromatic heterocycles. The molecule has 0 bridgehead atoms. The summed E-state index contributed by atoms with van der Waals surface area (Å²) in [7, 11) is 1.74. The van der Waals surface area contributed by atoms with Crippen LogP contribution in [-0.2, 0) is 9.53 Å². The van der Waals surface area contributed by atoms with E-state index < -0.39 is 0 Å². The number of piperidine rings is 1. The summed E-state index contributed by atoms with van der Waals surface area (Å²) in [5, 5.41) is 3.39. The van der Waals surface area contributed by atoms with Crippen molar-refractivity contribution in [1.82, 2.24) is 10.2 Å². The molecule has 2 fully saturated rings. The lowest BCUT2D eigenvalue weighted by Crippen LogP contribution is -2.43. The number of carbonyl (C=O) groups is 1. The van der Waals surface area contributed by atoms with Crippen LogP contribution in [-0.4, -0.2) is 50.2 Å². The van der Waals surface area contributed by atoms with Crippen molar-refractivity contribution in [1.29, 1.82) is 0 Å². The Morgan fingerprint density at radius 2 is 2.29 bits per heavy atom. The van der Waals surface area contributed by atoms with E-state index in [4.69, 9.17) is 4.74 Å². The Balaban J connectivity index is 1.77. The third-order valence-corrected chi connectivity index (χ3v) is 3.86. The SMILES string of the molecule is COCC1CCCN(C(=O)CC2CCCN2)C1. The van der Waals surface area contributed by atoms with Crippen LogP contribution in [0.4, 0.5) is 0 Å². The molecule has 2 aliphatic heterocycles. The van der Waals surface area contributed by atoms with E-state index in [2.05, 4.69) is 5.32 Å². The Morgan fingerprint density at radius 1 is 1.41 bits per heavy atom. The molecule has 0 spiro atoms. The van der Waals surface area contributed by atoms with Crippen molar-refractivity contribution < 1.29 is 9.53 Å². The summed E-state index contributed by atoms with van der Waals surface area (Å²) in [4.78, 5) is 14.2. The molecule has 0 aromatic carbocycles. The number of amides is 1.